The topological polar surface area (TPSA) is 73.8 Å². The molecule has 1 unspecified atom stereocenters. The molecular weight excluding hydrogens is 1160 g/mol. The van der Waals surface area contributed by atoms with Crippen LogP contribution in [-0.2, 0) is 31.1 Å². The van der Waals surface area contributed by atoms with Crippen molar-refractivity contribution in [3.8, 4) is 0 Å². The highest BCUT2D eigenvalue weighted by molar-refractivity contribution is 5.24. The van der Waals surface area contributed by atoms with Gasteiger partial charge in [-0.2, -0.15) is 0 Å². The van der Waals surface area contributed by atoms with E-state index in [9.17, 15) is 0 Å². The summed E-state index contributed by atoms with van der Waals surface area (Å²) < 4.78 is 5.21. The van der Waals surface area contributed by atoms with Gasteiger partial charge in [-0.05, 0) is 188 Å². The van der Waals surface area contributed by atoms with E-state index in [2.05, 4.69) is 348 Å². The predicted octanol–water partition coefficient (Wildman–Crippen LogP) is 27.3. The van der Waals surface area contributed by atoms with Gasteiger partial charge in [-0.3, -0.25) is 0 Å². The van der Waals surface area contributed by atoms with Crippen molar-refractivity contribution >= 4 is 0 Å². The largest absolute Gasteiger partial charge is 0.469 e. The van der Waals surface area contributed by atoms with Crippen molar-refractivity contribution in [1.29, 1.82) is 0 Å². The Labute approximate surface area is 592 Å². The Hall–Kier alpha value is -4.74. The molecule has 544 valence electrons. The van der Waals surface area contributed by atoms with E-state index >= 15 is 0 Å². The summed E-state index contributed by atoms with van der Waals surface area (Å²) in [5.41, 5.74) is 14.1. The highest BCUT2D eigenvalue weighted by Crippen LogP contribution is 2.27. The predicted molar refractivity (Wildman–Crippen MR) is 428 cm³/mol. The number of benzene rings is 4. The van der Waals surface area contributed by atoms with Crippen LogP contribution in [0.5, 0.6) is 0 Å². The molecule has 0 aliphatic carbocycles. The third-order valence-corrected chi connectivity index (χ3v) is 14.0. The lowest BCUT2D eigenvalue weighted by Gasteiger charge is -2.19. The Kier molecular flexibility index (Phi) is 49.7. The van der Waals surface area contributed by atoms with Crippen LogP contribution >= 0.6 is 0 Å². The van der Waals surface area contributed by atoms with Gasteiger partial charge in [0.25, 0.3) is 0 Å². The molecule has 0 amide bonds. The normalized spacial score (nSPS) is 12.5. The van der Waals surface area contributed by atoms with Crippen LogP contribution in [0.4, 0.5) is 0 Å². The molecule has 1 aromatic heterocycles. The zero-order valence-corrected chi connectivity index (χ0v) is 68.7. The third-order valence-electron chi connectivity index (χ3n) is 14.0. The van der Waals surface area contributed by atoms with E-state index in [1.807, 2.05) is 26.0 Å². The molecule has 0 saturated carbocycles. The van der Waals surface area contributed by atoms with Gasteiger partial charge in [-0.25, -0.2) is 0 Å². The van der Waals surface area contributed by atoms with Crippen LogP contribution in [0.25, 0.3) is 0 Å². The van der Waals surface area contributed by atoms with Crippen LogP contribution < -0.4 is 0 Å². The second-order valence-electron chi connectivity index (χ2n) is 37.7. The van der Waals surface area contributed by atoms with Crippen molar-refractivity contribution < 1.29 is 19.7 Å². The number of rotatable bonds is 14. The Morgan fingerprint density at radius 1 is 0.400 bits per heavy atom. The summed E-state index contributed by atoms with van der Waals surface area (Å²) in [4.78, 5) is 0. The molecule has 1 atom stereocenters. The number of furan rings is 1. The van der Waals surface area contributed by atoms with Gasteiger partial charge in [-0.15, -0.1) is 0 Å². The van der Waals surface area contributed by atoms with Crippen LogP contribution in [0.2, 0.25) is 0 Å². The molecule has 4 aromatic carbocycles. The second-order valence-corrected chi connectivity index (χ2v) is 37.7. The van der Waals surface area contributed by atoms with Gasteiger partial charge in [-0.1, -0.05) is 350 Å². The van der Waals surface area contributed by atoms with Gasteiger partial charge in [0.2, 0.25) is 0 Å². The average Bonchev–Trinajstić information content (AvgIpc) is 1.48. The van der Waals surface area contributed by atoms with Crippen molar-refractivity contribution in [2.75, 3.05) is 19.8 Å². The fourth-order valence-corrected chi connectivity index (χ4v) is 8.36. The molecule has 0 bridgehead atoms. The molecule has 0 aliphatic heterocycles. The van der Waals surface area contributed by atoms with Gasteiger partial charge < -0.3 is 19.7 Å². The number of aryl methyl sites for hydroxylation is 2. The van der Waals surface area contributed by atoms with Crippen molar-refractivity contribution in [3.05, 3.63) is 202 Å². The van der Waals surface area contributed by atoms with Crippen molar-refractivity contribution in [2.45, 2.75) is 305 Å². The summed E-state index contributed by atoms with van der Waals surface area (Å²) in [5.74, 6) is 1.55. The second kappa shape index (κ2) is 48.9. The molecule has 0 saturated heterocycles. The van der Waals surface area contributed by atoms with Crippen molar-refractivity contribution in [2.24, 2.45) is 49.2 Å². The molecule has 5 rings (SSSR count). The average molecular weight is 1310 g/mol. The molecule has 0 fully saturated rings. The van der Waals surface area contributed by atoms with E-state index in [0.29, 0.717) is 61.3 Å². The van der Waals surface area contributed by atoms with E-state index < -0.39 is 0 Å². The molecule has 0 spiro atoms. The molecule has 0 radical (unpaired) electrons. The Bertz CT molecular complexity index is 2620. The van der Waals surface area contributed by atoms with Crippen LogP contribution in [0.15, 0.2) is 173 Å². The number of aliphatic hydroxyl groups excluding tert-OH is 3. The Morgan fingerprint density at radius 2 is 0.779 bits per heavy atom. The lowest BCUT2D eigenvalue weighted by molar-refractivity contribution is 0.212. The Morgan fingerprint density at radius 3 is 1.08 bits per heavy atom. The minimum Gasteiger partial charge on any atom is -0.469 e. The first kappa shape index (κ1) is 96.6. The molecule has 3 N–H and O–H groups in total. The summed E-state index contributed by atoms with van der Waals surface area (Å²) in [5, 5.41) is 26.1. The standard InChI is InChI=1S/C13H20.C12H18.C11H16.C10H14.C9H14O.C9H20O.2C9H18O.C9H18/c1-13(2,3)11-7-10-12-8-5-4-6-9-12;1-10-6-5-7-11(8-10)9-12(2,3)4;1-11(2,3)9-10-7-5-4-6-8-10;1-10(2,3)9-7-5-4-6-8-9;1-9(2,3)7-8-5-4-6-10-8;3*1-8(7-10)5-6-9(2,3)4;1-8(2)6-7-9(3,4)5/h4-6,8-9H,7,10-11H2,1-3H3;5-8H,9H2,1-4H3;4-8H,9H2,1-3H3;4-8H,1-3H3;4-6H,7H2,1-3H3;8,10H,5-7H2,1-4H3;2*5,10H,6-7H2,1-4H3;6H,7H2,1-5H3/b;;;;;;8-5+;8-5-;. The molecule has 95 heavy (non-hydrogen) atoms. The molecule has 1 heterocycles. The summed E-state index contributed by atoms with van der Waals surface area (Å²) in [6.07, 6.45) is 21.0. The maximum atomic E-state index is 8.73. The number of aliphatic hydroxyl groups is 3. The van der Waals surface area contributed by atoms with E-state index in [4.69, 9.17) is 19.7 Å². The smallest absolute Gasteiger partial charge is 0.104 e. The van der Waals surface area contributed by atoms with Crippen LogP contribution in [0, 0.1) is 56.2 Å². The minimum atomic E-state index is 0.191. The van der Waals surface area contributed by atoms with E-state index in [-0.39, 0.29) is 13.2 Å². The summed E-state index contributed by atoms with van der Waals surface area (Å²) >= 11 is 0. The fraction of sp³-hybridized carbons (Fsp3) is 0.626. The van der Waals surface area contributed by atoms with Gasteiger partial charge in [0.05, 0.1) is 19.5 Å². The number of allylic oxidation sites excluding steroid dienone is 4. The molecular formula is C91H156O4. The zero-order valence-electron chi connectivity index (χ0n) is 68.7. The molecule has 5 aromatic rings. The van der Waals surface area contributed by atoms with Gasteiger partial charge in [0.1, 0.15) is 5.76 Å². The first-order chi connectivity index (χ1) is 43.1. The number of hydrogen-bond donors (Lipinski definition) is 3. The lowest BCUT2D eigenvalue weighted by atomic mass is 9.87. The van der Waals surface area contributed by atoms with Crippen LogP contribution in [-0.4, -0.2) is 35.1 Å². The third kappa shape index (κ3) is 76.5. The highest BCUT2D eigenvalue weighted by atomic mass is 16.3. The summed E-state index contributed by atoms with van der Waals surface area (Å²) in [6.45, 7) is 73.5. The van der Waals surface area contributed by atoms with E-state index in [1.165, 1.54) is 65.5 Å². The maximum Gasteiger partial charge on any atom is 0.104 e. The maximum absolute atomic E-state index is 8.73. The van der Waals surface area contributed by atoms with Gasteiger partial charge in [0, 0.05) is 13.0 Å². The SMILES string of the molecule is C/C(=C/CC(C)(C)C)CO.C/C(=C\CC(C)(C)C)CO.CC(C)(C)CCCc1ccccc1.CC(C)(C)Cc1ccccc1.CC(C)(C)Cc1ccco1.CC(C)(C)c1ccccc1.CC(C)=CCC(C)(C)C.CC(CO)CCC(C)(C)C.Cc1cccc(CC(C)(C)C)c1. The number of hydrogen-bond acceptors (Lipinski definition) is 4. The minimum absolute atomic E-state index is 0.191. The fourth-order valence-electron chi connectivity index (χ4n) is 8.36. The van der Waals surface area contributed by atoms with Gasteiger partial charge in [0.15, 0.2) is 0 Å². The molecule has 0 aliphatic rings. The monoisotopic (exact) mass is 1310 g/mol. The first-order valence-electron chi connectivity index (χ1n) is 36.1. The summed E-state index contributed by atoms with van der Waals surface area (Å²) in [7, 11) is 0. The lowest BCUT2D eigenvalue weighted by Crippen LogP contribution is -2.10. The van der Waals surface area contributed by atoms with Gasteiger partial charge >= 0.3 is 0 Å². The highest BCUT2D eigenvalue weighted by Gasteiger charge is 2.16. The van der Waals surface area contributed by atoms with E-state index in [0.717, 1.165) is 55.4 Å². The van der Waals surface area contributed by atoms with Crippen molar-refractivity contribution in [1.82, 2.24) is 0 Å². The van der Waals surface area contributed by atoms with Crippen LogP contribution in [0.1, 0.15) is 300 Å². The Balaban J connectivity index is -0.000000491. The van der Waals surface area contributed by atoms with Crippen molar-refractivity contribution in [3.63, 3.8) is 0 Å². The molecule has 4 heteroatoms. The molecule has 4 nitrogen and oxygen atoms in total. The van der Waals surface area contributed by atoms with E-state index in [1.54, 1.807) is 6.26 Å². The first-order valence-corrected chi connectivity index (χ1v) is 36.1. The summed E-state index contributed by atoms with van der Waals surface area (Å²) in [6, 6.07) is 44.6. The quantitative estimate of drug-likeness (QED) is 0.0969. The zero-order chi connectivity index (χ0) is 74.6. The van der Waals surface area contributed by atoms with Crippen LogP contribution in [0.3, 0.4) is 0 Å².